The van der Waals surface area contributed by atoms with E-state index in [-0.39, 0.29) is 23.5 Å². The Morgan fingerprint density at radius 3 is 2.37 bits per heavy atom. The van der Waals surface area contributed by atoms with Gasteiger partial charge in [-0.3, -0.25) is 24.3 Å². The summed E-state index contributed by atoms with van der Waals surface area (Å²) in [6.07, 6.45) is 1.86. The van der Waals surface area contributed by atoms with Gasteiger partial charge >= 0.3 is 0 Å². The van der Waals surface area contributed by atoms with Crippen molar-refractivity contribution in [3.05, 3.63) is 100 Å². The maximum atomic E-state index is 14.0. The van der Waals surface area contributed by atoms with E-state index in [0.29, 0.717) is 66.1 Å². The van der Waals surface area contributed by atoms with Gasteiger partial charge in [0.1, 0.15) is 11.5 Å². The van der Waals surface area contributed by atoms with Crippen LogP contribution in [-0.2, 0) is 4.79 Å². The zero-order valence-corrected chi connectivity index (χ0v) is 25.2. The monoisotopic (exact) mass is 603 g/mol. The fourth-order valence-electron chi connectivity index (χ4n) is 5.18. The number of nitro groups is 1. The van der Waals surface area contributed by atoms with Crippen LogP contribution >= 0.6 is 11.3 Å². The number of thiazole rings is 1. The van der Waals surface area contributed by atoms with Crippen molar-refractivity contribution in [2.75, 3.05) is 21.3 Å². The molecule has 0 fully saturated rings. The van der Waals surface area contributed by atoms with Gasteiger partial charge in [0.2, 0.25) is 5.75 Å². The predicted molar refractivity (Wildman–Crippen MR) is 161 cm³/mol. The van der Waals surface area contributed by atoms with Crippen LogP contribution in [0.25, 0.3) is 17.4 Å². The summed E-state index contributed by atoms with van der Waals surface area (Å²) in [6, 6.07) is 10.7. The maximum Gasteiger partial charge on any atom is 0.271 e. The molecule has 43 heavy (non-hydrogen) atoms. The van der Waals surface area contributed by atoms with Gasteiger partial charge < -0.3 is 18.6 Å². The molecule has 1 atom stereocenters. The number of aryl methyl sites for hydroxylation is 1. The summed E-state index contributed by atoms with van der Waals surface area (Å²) in [7, 11) is 4.51. The molecule has 0 spiro atoms. The van der Waals surface area contributed by atoms with E-state index in [1.165, 1.54) is 49.4 Å². The van der Waals surface area contributed by atoms with Crippen molar-refractivity contribution in [1.82, 2.24) is 4.57 Å². The number of hydrogen-bond donors (Lipinski definition) is 0. The quantitative estimate of drug-likeness (QED) is 0.198. The number of carbonyl (C=O) groups excluding carboxylic acids is 1. The minimum Gasteiger partial charge on any atom is -0.493 e. The van der Waals surface area contributed by atoms with Crippen LogP contribution in [0.15, 0.2) is 67.9 Å². The van der Waals surface area contributed by atoms with Crippen LogP contribution in [0.5, 0.6) is 17.2 Å². The average Bonchev–Trinajstić information content (AvgIpc) is 3.58. The normalized spacial score (nSPS) is 14.7. The number of carbonyl (C=O) groups is 1. The van der Waals surface area contributed by atoms with Crippen molar-refractivity contribution in [1.29, 1.82) is 0 Å². The number of Topliss-reactive ketones (excluding diaryl/α,β-unsaturated/α-hetero) is 1. The maximum absolute atomic E-state index is 14.0. The number of nitrogens with zero attached hydrogens (tertiary/aromatic N) is 3. The second kappa shape index (κ2) is 11.7. The van der Waals surface area contributed by atoms with Crippen LogP contribution in [0.3, 0.4) is 0 Å². The van der Waals surface area contributed by atoms with Gasteiger partial charge in [0, 0.05) is 41.5 Å². The number of nitro benzene ring substituents is 1. The standard InChI is InChI=1S/C31H29N3O8S/c1-7-22(35)27-17(3)32-31-33(28(27)18-13-24(39-4)29(41-6)25(14-18)40-5)30(36)26(43-31)15-20-9-11-23(42-20)21-10-8-19(34(37)38)12-16(21)2/h8-15,28H,7H2,1-6H3/b26-15-. The van der Waals surface area contributed by atoms with Crippen molar-refractivity contribution >= 4 is 28.9 Å². The van der Waals surface area contributed by atoms with Gasteiger partial charge in [-0.25, -0.2) is 4.99 Å². The summed E-state index contributed by atoms with van der Waals surface area (Å²) < 4.78 is 24.5. The first kappa shape index (κ1) is 29.5. The Bertz CT molecular complexity index is 1960. The number of rotatable bonds is 9. The van der Waals surface area contributed by atoms with E-state index in [0.717, 1.165) is 0 Å². The van der Waals surface area contributed by atoms with Crippen LogP contribution in [0.1, 0.15) is 43.2 Å². The summed E-state index contributed by atoms with van der Waals surface area (Å²) in [4.78, 5) is 43.0. The molecule has 0 saturated carbocycles. The Morgan fingerprint density at radius 1 is 1.09 bits per heavy atom. The van der Waals surface area contributed by atoms with Gasteiger partial charge in [-0.15, -0.1) is 0 Å². The van der Waals surface area contributed by atoms with Gasteiger partial charge in [0.25, 0.3) is 11.2 Å². The fraction of sp³-hybridized carbons (Fsp3) is 0.258. The molecular weight excluding hydrogens is 574 g/mol. The van der Waals surface area contributed by atoms with E-state index < -0.39 is 11.0 Å². The Labute approximate surface area is 250 Å². The third-order valence-electron chi connectivity index (χ3n) is 7.23. The molecule has 12 heteroatoms. The number of hydrogen-bond acceptors (Lipinski definition) is 10. The number of ketones is 1. The fourth-order valence-corrected chi connectivity index (χ4v) is 6.21. The Kier molecular flexibility index (Phi) is 8.05. The van der Waals surface area contributed by atoms with Gasteiger partial charge in [-0.2, -0.15) is 0 Å². The van der Waals surface area contributed by atoms with Crippen molar-refractivity contribution in [2.45, 2.75) is 33.2 Å². The number of benzene rings is 2. The van der Waals surface area contributed by atoms with E-state index in [1.807, 2.05) is 0 Å². The molecule has 5 rings (SSSR count). The zero-order chi connectivity index (χ0) is 31.0. The van der Waals surface area contributed by atoms with E-state index in [9.17, 15) is 19.7 Å². The first-order valence-electron chi connectivity index (χ1n) is 13.3. The first-order chi connectivity index (χ1) is 20.6. The molecule has 3 heterocycles. The average molecular weight is 604 g/mol. The van der Waals surface area contributed by atoms with Crippen LogP contribution in [0, 0.1) is 17.0 Å². The van der Waals surface area contributed by atoms with Crippen molar-refractivity contribution in [3.63, 3.8) is 0 Å². The molecule has 2 aromatic carbocycles. The summed E-state index contributed by atoms with van der Waals surface area (Å²) >= 11 is 1.18. The predicted octanol–water partition coefficient (Wildman–Crippen LogP) is 4.72. The lowest BCUT2D eigenvalue weighted by molar-refractivity contribution is -0.384. The van der Waals surface area contributed by atoms with Gasteiger partial charge in [0.05, 0.1) is 36.8 Å². The molecule has 0 bridgehead atoms. The highest BCUT2D eigenvalue weighted by Gasteiger charge is 2.33. The van der Waals surface area contributed by atoms with E-state index in [4.69, 9.17) is 18.6 Å². The SMILES string of the molecule is CCC(=O)C1=C(C)N=c2s/c(=C\c3ccc(-c4ccc([N+](=O)[O-])cc4C)o3)c(=O)n2C1c1cc(OC)c(OC)c(OC)c1. The van der Waals surface area contributed by atoms with Crippen LogP contribution in [-0.4, -0.2) is 36.6 Å². The third kappa shape index (κ3) is 5.25. The molecule has 222 valence electrons. The molecule has 0 radical (unpaired) electrons. The van der Waals surface area contributed by atoms with Gasteiger partial charge in [-0.05, 0) is 55.3 Å². The third-order valence-corrected chi connectivity index (χ3v) is 8.22. The highest BCUT2D eigenvalue weighted by molar-refractivity contribution is 7.07. The summed E-state index contributed by atoms with van der Waals surface area (Å²) in [5.74, 6) is 1.96. The van der Waals surface area contributed by atoms with Crippen molar-refractivity contribution in [3.8, 4) is 28.6 Å². The highest BCUT2D eigenvalue weighted by atomic mass is 32.1. The number of furan rings is 1. The summed E-state index contributed by atoms with van der Waals surface area (Å²) in [5.41, 5.74) is 2.56. The smallest absolute Gasteiger partial charge is 0.271 e. The number of aromatic nitrogens is 1. The molecule has 0 N–H and O–H groups in total. The second-order valence-electron chi connectivity index (χ2n) is 9.78. The highest BCUT2D eigenvalue weighted by Crippen LogP contribution is 2.42. The summed E-state index contributed by atoms with van der Waals surface area (Å²) in [5, 5.41) is 11.1. The Morgan fingerprint density at radius 2 is 1.79 bits per heavy atom. The minimum absolute atomic E-state index is 0.00740. The molecule has 1 unspecified atom stereocenters. The van der Waals surface area contributed by atoms with E-state index in [1.54, 1.807) is 57.2 Å². The topological polar surface area (TPSA) is 135 Å². The molecule has 1 aliphatic rings. The molecule has 0 amide bonds. The van der Waals surface area contributed by atoms with Crippen molar-refractivity contribution < 1.29 is 28.3 Å². The number of allylic oxidation sites excluding steroid dienone is 2. The summed E-state index contributed by atoms with van der Waals surface area (Å²) in [6.45, 7) is 5.29. The van der Waals surface area contributed by atoms with Crippen LogP contribution in [0.2, 0.25) is 0 Å². The molecular formula is C31H29N3O8S. The van der Waals surface area contributed by atoms with Gasteiger partial charge in [-0.1, -0.05) is 18.3 Å². The Balaban J connectivity index is 1.66. The van der Waals surface area contributed by atoms with Crippen molar-refractivity contribution in [2.24, 2.45) is 4.99 Å². The van der Waals surface area contributed by atoms with E-state index >= 15 is 0 Å². The molecule has 4 aromatic rings. The lowest BCUT2D eigenvalue weighted by atomic mass is 9.91. The van der Waals surface area contributed by atoms with E-state index in [2.05, 4.69) is 4.99 Å². The number of non-ortho nitro benzene ring substituents is 1. The largest absolute Gasteiger partial charge is 0.493 e. The Hall–Kier alpha value is -4.97. The number of methoxy groups -OCH3 is 3. The molecule has 0 aliphatic carbocycles. The molecule has 0 saturated heterocycles. The number of ether oxygens (including phenoxy) is 3. The minimum atomic E-state index is -0.783. The molecule has 2 aromatic heterocycles. The van der Waals surface area contributed by atoms with Gasteiger partial charge in [0.15, 0.2) is 22.1 Å². The lowest BCUT2D eigenvalue weighted by Gasteiger charge is -2.26. The van der Waals surface area contributed by atoms with Crippen LogP contribution < -0.4 is 29.1 Å². The first-order valence-corrected chi connectivity index (χ1v) is 14.1. The molecule has 11 nitrogen and oxygen atoms in total. The zero-order valence-electron chi connectivity index (χ0n) is 24.4. The molecule has 1 aliphatic heterocycles. The number of fused-ring (bicyclic) bond motifs is 1. The second-order valence-corrected chi connectivity index (χ2v) is 10.8. The van der Waals surface area contributed by atoms with Crippen LogP contribution in [0.4, 0.5) is 5.69 Å². The lowest BCUT2D eigenvalue weighted by Crippen LogP contribution is -2.39.